The van der Waals surface area contributed by atoms with E-state index in [2.05, 4.69) is 48.1 Å². The lowest BCUT2D eigenvalue weighted by molar-refractivity contribution is -0.249. The first kappa shape index (κ1) is 23.4. The third-order valence-corrected chi connectivity index (χ3v) is 13.5. The third kappa shape index (κ3) is 2.66. The maximum atomic E-state index is 10.9. The number of rotatable bonds is 2. The van der Waals surface area contributed by atoms with Gasteiger partial charge in [-0.2, -0.15) is 0 Å². The van der Waals surface area contributed by atoms with Crippen LogP contribution in [0.5, 0.6) is 0 Å². The van der Waals surface area contributed by atoms with Gasteiger partial charge in [-0.3, -0.25) is 0 Å². The molecule has 5 aliphatic rings. The van der Waals surface area contributed by atoms with Crippen LogP contribution in [0, 0.1) is 56.7 Å². The summed E-state index contributed by atoms with van der Waals surface area (Å²) in [5.41, 5.74) is 2.60. The summed E-state index contributed by atoms with van der Waals surface area (Å²) in [7, 11) is 0. The summed E-state index contributed by atoms with van der Waals surface area (Å²) in [6, 6.07) is 0. The van der Waals surface area contributed by atoms with Crippen molar-refractivity contribution >= 4 is 0 Å². The van der Waals surface area contributed by atoms with Crippen molar-refractivity contribution < 1.29 is 10.2 Å². The minimum Gasteiger partial charge on any atom is -0.396 e. The molecular formula is C30H50O2. The fourth-order valence-electron chi connectivity index (χ4n) is 11.5. The summed E-state index contributed by atoms with van der Waals surface area (Å²) in [4.78, 5) is 0. The Balaban J connectivity index is 1.55. The lowest BCUT2D eigenvalue weighted by atomic mass is 9.32. The molecular weight excluding hydrogens is 392 g/mol. The molecule has 0 aromatic carbocycles. The molecule has 5 aliphatic carbocycles. The number of fused-ring (bicyclic) bond motifs is 7. The van der Waals surface area contributed by atoms with Crippen LogP contribution in [-0.2, 0) is 0 Å². The van der Waals surface area contributed by atoms with E-state index >= 15 is 0 Å². The molecule has 2 heteroatoms. The van der Waals surface area contributed by atoms with Gasteiger partial charge in [0.05, 0.1) is 6.10 Å². The molecule has 10 atom stereocenters. The van der Waals surface area contributed by atoms with Gasteiger partial charge in [-0.1, -0.05) is 46.8 Å². The molecule has 5 fully saturated rings. The first-order valence-electron chi connectivity index (χ1n) is 13.8. The van der Waals surface area contributed by atoms with E-state index in [9.17, 15) is 10.2 Å². The second kappa shape index (κ2) is 7.09. The molecule has 182 valence electrons. The summed E-state index contributed by atoms with van der Waals surface area (Å²) in [6.45, 7) is 19.7. The SMILES string of the molecule is C=C(C)[C@@H]1CC[C@]2(CO)CC[C@]3(C)[C@H](CCC4[C@@]5(C)CC[C@H](O)C(C)(C)C5CC[C@]43C)[C@@H]12. The number of aliphatic hydroxyl groups is 2. The Labute approximate surface area is 197 Å². The molecule has 2 nitrogen and oxygen atoms in total. The largest absolute Gasteiger partial charge is 0.396 e. The molecule has 0 bridgehead atoms. The fourth-order valence-corrected chi connectivity index (χ4v) is 11.5. The summed E-state index contributed by atoms with van der Waals surface area (Å²) in [5, 5.41) is 21.5. The molecule has 2 N–H and O–H groups in total. The topological polar surface area (TPSA) is 40.5 Å². The highest BCUT2D eigenvalue weighted by Gasteiger charge is 2.70. The van der Waals surface area contributed by atoms with Gasteiger partial charge in [-0.25, -0.2) is 0 Å². The summed E-state index contributed by atoms with van der Waals surface area (Å²) in [5.74, 6) is 3.33. The van der Waals surface area contributed by atoms with E-state index in [1.807, 2.05) is 0 Å². The molecule has 32 heavy (non-hydrogen) atoms. The van der Waals surface area contributed by atoms with Crippen molar-refractivity contribution in [2.24, 2.45) is 56.7 Å². The van der Waals surface area contributed by atoms with Crippen molar-refractivity contribution in [1.82, 2.24) is 0 Å². The summed E-state index contributed by atoms with van der Waals surface area (Å²) >= 11 is 0. The predicted molar refractivity (Wildman–Crippen MR) is 132 cm³/mol. The van der Waals surface area contributed by atoms with E-state index in [0.29, 0.717) is 40.6 Å². The number of allylic oxidation sites excluding steroid dienone is 1. The Morgan fingerprint density at radius 3 is 2.19 bits per heavy atom. The van der Waals surface area contributed by atoms with Crippen LogP contribution in [0.2, 0.25) is 0 Å². The molecule has 0 saturated heterocycles. The lowest BCUT2D eigenvalue weighted by Gasteiger charge is -2.73. The lowest BCUT2D eigenvalue weighted by Crippen LogP contribution is -2.66. The molecule has 0 aromatic rings. The van der Waals surface area contributed by atoms with Crippen LogP contribution in [0.25, 0.3) is 0 Å². The molecule has 0 spiro atoms. The van der Waals surface area contributed by atoms with Crippen LogP contribution in [0.4, 0.5) is 0 Å². The van der Waals surface area contributed by atoms with Gasteiger partial charge in [0.25, 0.3) is 0 Å². The molecule has 5 rings (SSSR count). The zero-order valence-corrected chi connectivity index (χ0v) is 21.8. The van der Waals surface area contributed by atoms with Crippen LogP contribution in [0.3, 0.4) is 0 Å². The van der Waals surface area contributed by atoms with Gasteiger partial charge in [0.1, 0.15) is 0 Å². The third-order valence-electron chi connectivity index (χ3n) is 13.5. The quantitative estimate of drug-likeness (QED) is 0.452. The van der Waals surface area contributed by atoms with E-state index in [1.54, 1.807) is 0 Å². The van der Waals surface area contributed by atoms with Crippen molar-refractivity contribution in [3.63, 3.8) is 0 Å². The van der Waals surface area contributed by atoms with E-state index in [-0.39, 0.29) is 16.9 Å². The Morgan fingerprint density at radius 2 is 1.53 bits per heavy atom. The Hall–Kier alpha value is -0.340. The van der Waals surface area contributed by atoms with Gasteiger partial charge in [0.15, 0.2) is 0 Å². The zero-order valence-electron chi connectivity index (χ0n) is 21.8. The monoisotopic (exact) mass is 442 g/mol. The fraction of sp³-hybridized carbons (Fsp3) is 0.933. The molecule has 5 saturated carbocycles. The predicted octanol–water partition coefficient (Wildman–Crippen LogP) is 7.00. The second-order valence-electron chi connectivity index (χ2n) is 14.6. The minimum absolute atomic E-state index is 0.0290. The Kier molecular flexibility index (Phi) is 5.19. The molecule has 0 aromatic heterocycles. The first-order chi connectivity index (χ1) is 14.9. The molecule has 0 heterocycles. The van der Waals surface area contributed by atoms with Crippen LogP contribution >= 0.6 is 0 Å². The second-order valence-corrected chi connectivity index (χ2v) is 14.6. The first-order valence-corrected chi connectivity index (χ1v) is 13.8. The van der Waals surface area contributed by atoms with Gasteiger partial charge in [0.2, 0.25) is 0 Å². The highest BCUT2D eigenvalue weighted by Crippen LogP contribution is 2.77. The average molecular weight is 443 g/mol. The molecule has 2 unspecified atom stereocenters. The van der Waals surface area contributed by atoms with Crippen molar-refractivity contribution in [2.75, 3.05) is 6.61 Å². The van der Waals surface area contributed by atoms with E-state index in [1.165, 1.54) is 63.4 Å². The van der Waals surface area contributed by atoms with Gasteiger partial charge in [0, 0.05) is 6.61 Å². The van der Waals surface area contributed by atoms with Crippen molar-refractivity contribution in [1.29, 1.82) is 0 Å². The van der Waals surface area contributed by atoms with Gasteiger partial charge in [-0.15, -0.1) is 0 Å². The van der Waals surface area contributed by atoms with Crippen LogP contribution in [-0.4, -0.2) is 22.9 Å². The van der Waals surface area contributed by atoms with E-state index in [4.69, 9.17) is 0 Å². The minimum atomic E-state index is -0.147. The van der Waals surface area contributed by atoms with Crippen LogP contribution < -0.4 is 0 Å². The maximum absolute atomic E-state index is 10.9. The normalized spacial score (nSPS) is 56.5. The zero-order chi connectivity index (χ0) is 23.3. The molecule has 0 radical (unpaired) electrons. The standard InChI is InChI=1S/C30H50O2/c1-19(2)20-10-15-30(18-31)17-16-28(6)21(25(20)30)8-9-23-27(5)13-12-24(32)26(3,4)22(27)11-14-29(23,28)7/h20-25,31-32H,1,8-18H2,2-7H3/t20-,21+,22?,23?,24-,25+,27-,28+,29+,30+/m0/s1. The van der Waals surface area contributed by atoms with Gasteiger partial charge < -0.3 is 10.2 Å². The number of hydrogen-bond acceptors (Lipinski definition) is 2. The van der Waals surface area contributed by atoms with Crippen LogP contribution in [0.15, 0.2) is 12.2 Å². The van der Waals surface area contributed by atoms with E-state index < -0.39 is 0 Å². The average Bonchev–Trinajstić information content (AvgIpc) is 3.12. The Morgan fingerprint density at radius 1 is 0.812 bits per heavy atom. The van der Waals surface area contributed by atoms with Gasteiger partial charge in [-0.05, 0) is 128 Å². The highest BCUT2D eigenvalue weighted by molar-refractivity contribution is 5.21. The maximum Gasteiger partial charge on any atom is 0.0594 e. The smallest absolute Gasteiger partial charge is 0.0594 e. The summed E-state index contributed by atoms with van der Waals surface area (Å²) < 4.78 is 0. The summed E-state index contributed by atoms with van der Waals surface area (Å²) in [6.07, 6.45) is 12.2. The molecule has 0 aliphatic heterocycles. The van der Waals surface area contributed by atoms with Crippen LogP contribution in [0.1, 0.15) is 106 Å². The van der Waals surface area contributed by atoms with Crippen molar-refractivity contribution in [3.05, 3.63) is 12.2 Å². The molecule has 0 amide bonds. The van der Waals surface area contributed by atoms with Gasteiger partial charge >= 0.3 is 0 Å². The number of aliphatic hydroxyl groups excluding tert-OH is 2. The van der Waals surface area contributed by atoms with E-state index in [0.717, 1.165) is 18.3 Å². The Bertz CT molecular complexity index is 786. The van der Waals surface area contributed by atoms with Crippen molar-refractivity contribution in [3.8, 4) is 0 Å². The highest BCUT2D eigenvalue weighted by atomic mass is 16.3. The van der Waals surface area contributed by atoms with Crippen molar-refractivity contribution in [2.45, 2.75) is 112 Å². The number of hydrogen-bond donors (Lipinski definition) is 2.